The Hall–Kier alpha value is -3.87. The van der Waals surface area contributed by atoms with Crippen molar-refractivity contribution in [1.82, 2.24) is 0 Å². The zero-order chi connectivity index (χ0) is 20.8. The molecule has 0 aliphatic carbocycles. The molecule has 1 fully saturated rings. The van der Waals surface area contributed by atoms with Crippen LogP contribution in [0.15, 0.2) is 65.8 Å². The van der Waals surface area contributed by atoms with Gasteiger partial charge in [-0.2, -0.15) is 0 Å². The van der Waals surface area contributed by atoms with Gasteiger partial charge < -0.3 is 14.3 Å². The van der Waals surface area contributed by atoms with E-state index in [1.54, 1.807) is 31.4 Å². The van der Waals surface area contributed by atoms with Gasteiger partial charge in [0.2, 0.25) is 12.0 Å². The van der Waals surface area contributed by atoms with Gasteiger partial charge in [0.15, 0.2) is 0 Å². The molecule has 0 spiro atoms. The number of benzene rings is 3. The molecule has 2 atom stereocenters. The van der Waals surface area contributed by atoms with E-state index in [4.69, 9.17) is 14.3 Å². The number of hydrogen-bond donors (Lipinski definition) is 0. The summed E-state index contributed by atoms with van der Waals surface area (Å²) in [6.07, 6.45) is -0.998. The van der Waals surface area contributed by atoms with E-state index < -0.39 is 17.9 Å². The SMILES string of the molecule is COc1ccc(OC)c(C2=NO[C@H]3C(=O)N(c4cccc5ccccc45)C(=O)[C@H]23)c1. The molecule has 0 radical (unpaired) electrons. The summed E-state index contributed by atoms with van der Waals surface area (Å²) in [7, 11) is 3.08. The van der Waals surface area contributed by atoms with E-state index in [1.807, 2.05) is 36.4 Å². The van der Waals surface area contributed by atoms with E-state index >= 15 is 0 Å². The van der Waals surface area contributed by atoms with Gasteiger partial charge in [0, 0.05) is 10.9 Å². The van der Waals surface area contributed by atoms with Gasteiger partial charge in [0.1, 0.15) is 23.1 Å². The maximum absolute atomic E-state index is 13.5. The highest BCUT2D eigenvalue weighted by Gasteiger charge is 2.56. The number of anilines is 1. The molecule has 0 bridgehead atoms. The summed E-state index contributed by atoms with van der Waals surface area (Å²) in [5, 5.41) is 5.84. The molecule has 2 amide bonds. The van der Waals surface area contributed by atoms with Gasteiger partial charge in [0.05, 0.1) is 19.9 Å². The van der Waals surface area contributed by atoms with Crippen molar-refractivity contribution in [3.05, 3.63) is 66.2 Å². The number of methoxy groups -OCH3 is 2. The third kappa shape index (κ3) is 2.55. The second-order valence-electron chi connectivity index (χ2n) is 7.06. The lowest BCUT2D eigenvalue weighted by Crippen LogP contribution is -2.33. The van der Waals surface area contributed by atoms with Crippen molar-refractivity contribution in [3.8, 4) is 11.5 Å². The third-order valence-electron chi connectivity index (χ3n) is 5.50. The highest BCUT2D eigenvalue weighted by molar-refractivity contribution is 6.34. The van der Waals surface area contributed by atoms with Gasteiger partial charge in [-0.1, -0.05) is 41.6 Å². The Balaban J connectivity index is 1.59. The van der Waals surface area contributed by atoms with Crippen molar-refractivity contribution >= 4 is 34.0 Å². The first-order valence-electron chi connectivity index (χ1n) is 9.45. The van der Waals surface area contributed by atoms with Crippen LogP contribution in [0.2, 0.25) is 0 Å². The van der Waals surface area contributed by atoms with Crippen molar-refractivity contribution in [1.29, 1.82) is 0 Å². The largest absolute Gasteiger partial charge is 0.497 e. The molecule has 0 saturated carbocycles. The molecule has 150 valence electrons. The predicted octanol–water partition coefficient (Wildman–Crippen LogP) is 3.15. The van der Waals surface area contributed by atoms with Gasteiger partial charge in [-0.05, 0) is 29.7 Å². The monoisotopic (exact) mass is 402 g/mol. The smallest absolute Gasteiger partial charge is 0.278 e. The second-order valence-corrected chi connectivity index (χ2v) is 7.06. The number of carbonyl (C=O) groups is 2. The summed E-state index contributed by atoms with van der Waals surface area (Å²) in [6, 6.07) is 18.4. The molecule has 2 aliphatic heterocycles. The van der Waals surface area contributed by atoms with Gasteiger partial charge in [-0.3, -0.25) is 9.59 Å². The fourth-order valence-electron chi connectivity index (χ4n) is 4.06. The zero-order valence-electron chi connectivity index (χ0n) is 16.4. The molecule has 3 aromatic rings. The van der Waals surface area contributed by atoms with Crippen molar-refractivity contribution in [3.63, 3.8) is 0 Å². The minimum absolute atomic E-state index is 0.358. The highest BCUT2D eigenvalue weighted by Crippen LogP contribution is 2.39. The Morgan fingerprint density at radius 3 is 2.53 bits per heavy atom. The number of nitrogens with zero attached hydrogens (tertiary/aromatic N) is 2. The van der Waals surface area contributed by atoms with Crippen LogP contribution < -0.4 is 14.4 Å². The van der Waals surface area contributed by atoms with E-state index in [0.29, 0.717) is 28.5 Å². The van der Waals surface area contributed by atoms with Crippen LogP contribution in [0.3, 0.4) is 0 Å². The average molecular weight is 402 g/mol. The van der Waals surface area contributed by atoms with E-state index in [0.717, 1.165) is 10.8 Å². The molecule has 7 nitrogen and oxygen atoms in total. The molecule has 0 aromatic heterocycles. The second kappa shape index (κ2) is 6.88. The van der Waals surface area contributed by atoms with Crippen LogP contribution in [0, 0.1) is 5.92 Å². The quantitative estimate of drug-likeness (QED) is 0.627. The summed E-state index contributed by atoms with van der Waals surface area (Å²) >= 11 is 0. The van der Waals surface area contributed by atoms with Crippen LogP contribution in [0.4, 0.5) is 5.69 Å². The van der Waals surface area contributed by atoms with E-state index in [-0.39, 0.29) is 5.91 Å². The van der Waals surface area contributed by atoms with Crippen molar-refractivity contribution in [2.75, 3.05) is 19.1 Å². The summed E-state index contributed by atoms with van der Waals surface area (Å²) in [5.74, 6) is -0.552. The van der Waals surface area contributed by atoms with Crippen LogP contribution in [-0.4, -0.2) is 37.8 Å². The third-order valence-corrected chi connectivity index (χ3v) is 5.50. The molecule has 2 aliphatic rings. The lowest BCUT2D eigenvalue weighted by molar-refractivity contribution is -0.126. The fourth-order valence-corrected chi connectivity index (χ4v) is 4.06. The molecule has 5 rings (SSSR count). The Kier molecular flexibility index (Phi) is 4.17. The molecule has 2 heterocycles. The standard InChI is InChI=1S/C23H18N2O5/c1-28-14-10-11-18(29-2)16(12-14)20-19-21(30-24-20)23(27)25(22(19)26)17-9-5-7-13-6-3-4-8-15(13)17/h3-12,19,21H,1-2H3/t19-,21-/m1/s1. The maximum Gasteiger partial charge on any atom is 0.278 e. The molecule has 0 unspecified atom stereocenters. The van der Waals surface area contributed by atoms with Gasteiger partial charge in [-0.25, -0.2) is 4.90 Å². The van der Waals surface area contributed by atoms with Crippen LogP contribution in [0.5, 0.6) is 11.5 Å². The summed E-state index contributed by atoms with van der Waals surface area (Å²) in [6.45, 7) is 0. The maximum atomic E-state index is 13.5. The number of amides is 2. The van der Waals surface area contributed by atoms with Crippen LogP contribution >= 0.6 is 0 Å². The predicted molar refractivity (Wildman–Crippen MR) is 111 cm³/mol. The molecule has 7 heteroatoms. The number of hydrogen-bond acceptors (Lipinski definition) is 6. The van der Waals surface area contributed by atoms with Crippen molar-refractivity contribution < 1.29 is 23.9 Å². The number of ether oxygens (including phenoxy) is 2. The Bertz CT molecular complexity index is 1210. The summed E-state index contributed by atoms with van der Waals surface area (Å²) in [5.41, 5.74) is 1.46. The van der Waals surface area contributed by atoms with Crippen molar-refractivity contribution in [2.45, 2.75) is 6.10 Å². The lowest BCUT2D eigenvalue weighted by Gasteiger charge is -2.18. The van der Waals surface area contributed by atoms with Gasteiger partial charge >= 0.3 is 0 Å². The molecular formula is C23H18N2O5. The summed E-state index contributed by atoms with van der Waals surface area (Å²) in [4.78, 5) is 33.2. The number of carbonyl (C=O) groups excluding carboxylic acids is 2. The molecule has 1 saturated heterocycles. The Morgan fingerprint density at radius 2 is 1.73 bits per heavy atom. The molecule has 30 heavy (non-hydrogen) atoms. The van der Waals surface area contributed by atoms with Crippen molar-refractivity contribution in [2.24, 2.45) is 11.1 Å². The average Bonchev–Trinajstić information content (AvgIpc) is 3.33. The number of fused-ring (bicyclic) bond motifs is 2. The topological polar surface area (TPSA) is 77.4 Å². The van der Waals surface area contributed by atoms with E-state index in [1.165, 1.54) is 12.0 Å². The van der Waals surface area contributed by atoms with Crippen LogP contribution in [0.25, 0.3) is 10.8 Å². The fraction of sp³-hybridized carbons (Fsp3) is 0.174. The highest BCUT2D eigenvalue weighted by atomic mass is 16.7. The van der Waals surface area contributed by atoms with Gasteiger partial charge in [-0.15, -0.1) is 0 Å². The number of oxime groups is 1. The Morgan fingerprint density at radius 1 is 0.933 bits per heavy atom. The molecule has 0 N–H and O–H groups in total. The van der Waals surface area contributed by atoms with Gasteiger partial charge in [0.25, 0.3) is 5.91 Å². The molecular weight excluding hydrogens is 384 g/mol. The minimum Gasteiger partial charge on any atom is -0.497 e. The minimum atomic E-state index is -0.998. The lowest BCUT2D eigenvalue weighted by atomic mass is 9.93. The zero-order valence-corrected chi connectivity index (χ0v) is 16.4. The normalized spacial score (nSPS) is 20.2. The first-order chi connectivity index (χ1) is 14.6. The van der Waals surface area contributed by atoms with Crippen LogP contribution in [0.1, 0.15) is 5.56 Å². The molecule has 3 aromatic carbocycles. The number of imide groups is 1. The van der Waals surface area contributed by atoms with Crippen LogP contribution in [-0.2, 0) is 14.4 Å². The first-order valence-corrected chi connectivity index (χ1v) is 9.45. The van der Waals surface area contributed by atoms with E-state index in [9.17, 15) is 9.59 Å². The number of rotatable bonds is 4. The Labute approximate surface area is 172 Å². The first kappa shape index (κ1) is 18.2. The van der Waals surface area contributed by atoms with E-state index in [2.05, 4.69) is 5.16 Å². The summed E-state index contributed by atoms with van der Waals surface area (Å²) < 4.78 is 10.7.